The van der Waals surface area contributed by atoms with Gasteiger partial charge in [-0.25, -0.2) is 0 Å². The highest BCUT2D eigenvalue weighted by molar-refractivity contribution is 5.58. The summed E-state index contributed by atoms with van der Waals surface area (Å²) in [5.74, 6) is 1.17. The van der Waals surface area contributed by atoms with E-state index in [0.717, 1.165) is 30.6 Å². The molecule has 0 radical (unpaired) electrons. The van der Waals surface area contributed by atoms with Crippen molar-refractivity contribution < 1.29 is 4.74 Å². The third kappa shape index (κ3) is 4.40. The highest BCUT2D eigenvalue weighted by Gasteiger charge is 2.19. The van der Waals surface area contributed by atoms with Gasteiger partial charge in [-0.05, 0) is 24.3 Å². The Labute approximate surface area is 127 Å². The third-order valence-electron chi connectivity index (χ3n) is 3.39. The van der Waals surface area contributed by atoms with E-state index in [1.165, 1.54) is 0 Å². The van der Waals surface area contributed by atoms with Crippen molar-refractivity contribution >= 4 is 5.82 Å². The molecule has 1 heterocycles. The van der Waals surface area contributed by atoms with Crippen molar-refractivity contribution in [3.8, 4) is 6.07 Å². The van der Waals surface area contributed by atoms with Gasteiger partial charge in [0.05, 0.1) is 12.3 Å². The molecule has 5 heteroatoms. The lowest BCUT2D eigenvalue weighted by Gasteiger charge is -2.26. The van der Waals surface area contributed by atoms with Crippen LogP contribution in [0.2, 0.25) is 0 Å². The molecular formula is C16H26N4O. The molecule has 0 aliphatic carbocycles. The number of nitriles is 1. The second-order valence-electron chi connectivity index (χ2n) is 5.48. The zero-order chi connectivity index (χ0) is 15.8. The van der Waals surface area contributed by atoms with E-state index < -0.39 is 0 Å². The molecule has 1 rings (SSSR count). The van der Waals surface area contributed by atoms with Gasteiger partial charge in [-0.2, -0.15) is 10.4 Å². The first kappa shape index (κ1) is 17.4. The summed E-state index contributed by atoms with van der Waals surface area (Å²) in [5, 5.41) is 18.2. The Morgan fingerprint density at radius 3 is 2.43 bits per heavy atom. The van der Waals surface area contributed by atoms with E-state index in [-0.39, 0.29) is 0 Å². The summed E-state index contributed by atoms with van der Waals surface area (Å²) >= 11 is 0. The second-order valence-corrected chi connectivity index (χ2v) is 5.48. The largest absolute Gasteiger partial charge is 0.383 e. The molecule has 1 aromatic rings. The van der Waals surface area contributed by atoms with Crippen molar-refractivity contribution in [2.24, 2.45) is 5.92 Å². The van der Waals surface area contributed by atoms with Crippen molar-refractivity contribution in [2.75, 3.05) is 31.7 Å². The molecule has 0 bridgehead atoms. The molecule has 0 saturated carbocycles. The standard InChI is InChI=1S/C16H26N4O/c1-6-13-14(10-17)16(19-18-15(13)7-2)20(8-9-21-5)11-12(3)4/h12H,6-9,11H2,1-5H3. The molecule has 5 nitrogen and oxygen atoms in total. The van der Waals surface area contributed by atoms with Crippen LogP contribution in [-0.2, 0) is 17.6 Å². The van der Waals surface area contributed by atoms with E-state index in [1.807, 2.05) is 6.92 Å². The Bertz CT molecular complexity index is 494. The van der Waals surface area contributed by atoms with Gasteiger partial charge in [0.1, 0.15) is 11.6 Å². The summed E-state index contributed by atoms with van der Waals surface area (Å²) in [6, 6.07) is 2.33. The number of aromatic nitrogens is 2. The summed E-state index contributed by atoms with van der Waals surface area (Å²) < 4.78 is 5.18. The lowest BCUT2D eigenvalue weighted by molar-refractivity contribution is 0.204. The van der Waals surface area contributed by atoms with Crippen LogP contribution in [0, 0.1) is 17.2 Å². The molecule has 1 aromatic heterocycles. The van der Waals surface area contributed by atoms with Gasteiger partial charge in [0.2, 0.25) is 0 Å². The Morgan fingerprint density at radius 2 is 1.95 bits per heavy atom. The van der Waals surface area contributed by atoms with Crippen LogP contribution in [-0.4, -0.2) is 37.0 Å². The van der Waals surface area contributed by atoms with E-state index >= 15 is 0 Å². The van der Waals surface area contributed by atoms with Gasteiger partial charge >= 0.3 is 0 Å². The van der Waals surface area contributed by atoms with E-state index in [4.69, 9.17) is 4.74 Å². The first-order valence-corrected chi connectivity index (χ1v) is 7.61. The van der Waals surface area contributed by atoms with Gasteiger partial charge in [-0.3, -0.25) is 0 Å². The maximum atomic E-state index is 9.58. The minimum Gasteiger partial charge on any atom is -0.383 e. The molecule has 0 unspecified atom stereocenters. The molecule has 0 atom stereocenters. The quantitative estimate of drug-likeness (QED) is 0.736. The number of methoxy groups -OCH3 is 1. The topological polar surface area (TPSA) is 62.0 Å². The summed E-state index contributed by atoms with van der Waals surface area (Å²) in [5.41, 5.74) is 2.62. The SMILES string of the molecule is CCc1nnc(N(CCOC)CC(C)C)c(C#N)c1CC. The van der Waals surface area contributed by atoms with Gasteiger partial charge in [-0.15, -0.1) is 5.10 Å². The van der Waals surface area contributed by atoms with Gasteiger partial charge < -0.3 is 9.64 Å². The van der Waals surface area contributed by atoms with Gasteiger partial charge in [0.25, 0.3) is 0 Å². The third-order valence-corrected chi connectivity index (χ3v) is 3.39. The maximum absolute atomic E-state index is 9.58. The van der Waals surface area contributed by atoms with E-state index in [2.05, 4.69) is 41.9 Å². The Morgan fingerprint density at radius 1 is 1.24 bits per heavy atom. The van der Waals surface area contributed by atoms with Gasteiger partial charge in [0, 0.05) is 20.2 Å². The van der Waals surface area contributed by atoms with Crippen molar-refractivity contribution in [1.29, 1.82) is 5.26 Å². The molecule has 0 amide bonds. The van der Waals surface area contributed by atoms with Crippen molar-refractivity contribution in [3.05, 3.63) is 16.8 Å². The zero-order valence-electron chi connectivity index (χ0n) is 13.8. The van der Waals surface area contributed by atoms with Crippen LogP contribution in [0.25, 0.3) is 0 Å². The minimum atomic E-state index is 0.478. The highest BCUT2D eigenvalue weighted by Crippen LogP contribution is 2.23. The number of ether oxygens (including phenoxy) is 1. The number of aryl methyl sites for hydroxylation is 1. The number of anilines is 1. The lowest BCUT2D eigenvalue weighted by Crippen LogP contribution is -2.33. The first-order chi connectivity index (χ1) is 10.1. The number of hydrogen-bond donors (Lipinski definition) is 0. The maximum Gasteiger partial charge on any atom is 0.169 e. The van der Waals surface area contributed by atoms with Crippen LogP contribution in [0.15, 0.2) is 0 Å². The predicted octanol–water partition coefficient (Wildman–Crippen LogP) is 2.58. The fraction of sp³-hybridized carbons (Fsp3) is 0.688. The number of hydrogen-bond acceptors (Lipinski definition) is 5. The van der Waals surface area contributed by atoms with Crippen molar-refractivity contribution in [1.82, 2.24) is 10.2 Å². The molecule has 0 N–H and O–H groups in total. The smallest absolute Gasteiger partial charge is 0.169 e. The average molecular weight is 290 g/mol. The van der Waals surface area contributed by atoms with Gasteiger partial charge in [0.15, 0.2) is 5.82 Å². The summed E-state index contributed by atoms with van der Waals surface area (Å²) in [6.07, 6.45) is 1.60. The second kappa shape index (κ2) is 8.58. The molecule has 0 aromatic carbocycles. The normalized spacial score (nSPS) is 10.7. The van der Waals surface area contributed by atoms with Crippen LogP contribution < -0.4 is 4.90 Å². The van der Waals surface area contributed by atoms with Crippen molar-refractivity contribution in [3.63, 3.8) is 0 Å². The Kier molecular flexibility index (Phi) is 7.10. The van der Waals surface area contributed by atoms with Gasteiger partial charge in [-0.1, -0.05) is 27.7 Å². The van der Waals surface area contributed by atoms with Crippen LogP contribution in [0.3, 0.4) is 0 Å². The van der Waals surface area contributed by atoms with Crippen LogP contribution in [0.5, 0.6) is 0 Å². The lowest BCUT2D eigenvalue weighted by atomic mass is 10.0. The summed E-state index contributed by atoms with van der Waals surface area (Å²) in [6.45, 7) is 10.6. The average Bonchev–Trinajstić information content (AvgIpc) is 2.49. The monoisotopic (exact) mass is 290 g/mol. The fourth-order valence-electron chi connectivity index (χ4n) is 2.43. The fourth-order valence-corrected chi connectivity index (χ4v) is 2.43. The summed E-state index contributed by atoms with van der Waals surface area (Å²) in [7, 11) is 1.68. The van der Waals surface area contributed by atoms with E-state index in [1.54, 1.807) is 7.11 Å². The molecule has 21 heavy (non-hydrogen) atoms. The predicted molar refractivity (Wildman–Crippen MR) is 84.4 cm³/mol. The van der Waals surface area contributed by atoms with Crippen LogP contribution >= 0.6 is 0 Å². The molecular weight excluding hydrogens is 264 g/mol. The minimum absolute atomic E-state index is 0.478. The number of rotatable bonds is 8. The Hall–Kier alpha value is -1.67. The molecule has 0 aliphatic rings. The molecule has 0 fully saturated rings. The van der Waals surface area contributed by atoms with Crippen LogP contribution in [0.4, 0.5) is 5.82 Å². The Balaban J connectivity index is 3.26. The molecule has 0 spiro atoms. The zero-order valence-corrected chi connectivity index (χ0v) is 13.8. The van der Waals surface area contributed by atoms with E-state index in [0.29, 0.717) is 30.5 Å². The summed E-state index contributed by atoms with van der Waals surface area (Å²) in [4.78, 5) is 2.11. The molecule has 0 aliphatic heterocycles. The first-order valence-electron chi connectivity index (χ1n) is 7.61. The van der Waals surface area contributed by atoms with Crippen LogP contribution in [0.1, 0.15) is 44.5 Å². The highest BCUT2D eigenvalue weighted by atomic mass is 16.5. The molecule has 116 valence electrons. The molecule has 0 saturated heterocycles. The van der Waals surface area contributed by atoms with Crippen molar-refractivity contribution in [2.45, 2.75) is 40.5 Å². The number of nitrogens with zero attached hydrogens (tertiary/aromatic N) is 4. The van der Waals surface area contributed by atoms with E-state index in [9.17, 15) is 5.26 Å².